The van der Waals surface area contributed by atoms with Gasteiger partial charge in [-0.2, -0.15) is 10.2 Å². The predicted octanol–water partition coefficient (Wildman–Crippen LogP) is 1.86. The first-order valence-electron chi connectivity index (χ1n) is 11.4. The van der Waals surface area contributed by atoms with Crippen LogP contribution < -0.4 is 5.56 Å². The van der Waals surface area contributed by atoms with Crippen LogP contribution in [0.4, 0.5) is 0 Å². The van der Waals surface area contributed by atoms with Crippen LogP contribution in [0.1, 0.15) is 55.7 Å². The van der Waals surface area contributed by atoms with Crippen molar-refractivity contribution in [2.24, 2.45) is 25.4 Å². The average Bonchev–Trinajstić information content (AvgIpc) is 3.39. The third-order valence-electron chi connectivity index (χ3n) is 6.88. The van der Waals surface area contributed by atoms with Crippen LogP contribution in [0.2, 0.25) is 0 Å². The molecule has 0 spiro atoms. The highest BCUT2D eigenvalue weighted by Crippen LogP contribution is 2.31. The quantitative estimate of drug-likeness (QED) is 0.546. The van der Waals surface area contributed by atoms with Gasteiger partial charge in [0, 0.05) is 52.1 Å². The summed E-state index contributed by atoms with van der Waals surface area (Å²) in [4.78, 5) is 47.5. The van der Waals surface area contributed by atoms with E-state index in [1.165, 1.54) is 6.20 Å². The molecule has 4 rings (SSSR count). The van der Waals surface area contributed by atoms with E-state index in [-0.39, 0.29) is 28.6 Å². The van der Waals surface area contributed by atoms with E-state index in [1.807, 2.05) is 11.8 Å². The zero-order valence-electron chi connectivity index (χ0n) is 19.7. The van der Waals surface area contributed by atoms with Gasteiger partial charge in [0.1, 0.15) is 11.2 Å². The molecular weight excluding hydrogens is 422 g/mol. The van der Waals surface area contributed by atoms with Crippen molar-refractivity contribution >= 4 is 22.7 Å². The first kappa shape index (κ1) is 22.9. The molecule has 0 saturated carbocycles. The number of nitrogens with one attached hydrogen (secondary N) is 1. The van der Waals surface area contributed by atoms with Gasteiger partial charge >= 0.3 is 0 Å². The van der Waals surface area contributed by atoms with Crippen molar-refractivity contribution in [1.29, 1.82) is 0 Å². The first-order chi connectivity index (χ1) is 15.7. The molecule has 3 aromatic rings. The number of carbonyl (C=O) groups is 2. The minimum atomic E-state index is -0.346. The van der Waals surface area contributed by atoms with Gasteiger partial charge in [-0.15, -0.1) is 0 Å². The number of rotatable bonds is 7. The number of likely N-dealkylation sites (tertiary alicyclic amines) is 1. The number of aryl methyl sites for hydroxylation is 2. The van der Waals surface area contributed by atoms with E-state index < -0.39 is 0 Å². The molecule has 1 unspecified atom stereocenters. The Kier molecular flexibility index (Phi) is 6.18. The molecule has 1 aliphatic heterocycles. The van der Waals surface area contributed by atoms with Crippen LogP contribution in [0, 0.1) is 11.3 Å². The summed E-state index contributed by atoms with van der Waals surface area (Å²) in [5.41, 5.74) is 0.613. The van der Waals surface area contributed by atoms with Gasteiger partial charge in [-0.3, -0.25) is 23.7 Å². The molecule has 1 saturated heterocycles. The van der Waals surface area contributed by atoms with Gasteiger partial charge in [0.05, 0.1) is 18.0 Å². The fourth-order valence-electron chi connectivity index (χ4n) is 4.53. The third kappa shape index (κ3) is 4.74. The van der Waals surface area contributed by atoms with E-state index in [0.29, 0.717) is 61.2 Å². The smallest absolute Gasteiger partial charge is 0.262 e. The Morgan fingerprint density at radius 3 is 2.55 bits per heavy atom. The molecule has 0 radical (unpaired) electrons. The molecule has 3 aromatic heterocycles. The minimum absolute atomic E-state index is 0.0734. The van der Waals surface area contributed by atoms with Crippen molar-refractivity contribution in [3.8, 4) is 0 Å². The van der Waals surface area contributed by atoms with Gasteiger partial charge in [0.25, 0.3) is 5.56 Å². The van der Waals surface area contributed by atoms with Gasteiger partial charge < -0.3 is 9.88 Å². The molecule has 0 aromatic carbocycles. The van der Waals surface area contributed by atoms with Crippen molar-refractivity contribution in [3.05, 3.63) is 40.3 Å². The number of aromatic amines is 1. The minimum Gasteiger partial charge on any atom is -0.343 e. The van der Waals surface area contributed by atoms with Crippen LogP contribution in [0.15, 0.2) is 23.4 Å². The molecule has 33 heavy (non-hydrogen) atoms. The molecule has 10 heteroatoms. The second-order valence-electron chi connectivity index (χ2n) is 9.46. The summed E-state index contributed by atoms with van der Waals surface area (Å²) in [5, 5.41) is 8.65. The van der Waals surface area contributed by atoms with Gasteiger partial charge in [-0.25, -0.2) is 4.98 Å². The Labute approximate surface area is 192 Å². The Hall–Kier alpha value is -3.30. The molecule has 1 atom stereocenters. The van der Waals surface area contributed by atoms with Crippen molar-refractivity contribution in [3.63, 3.8) is 0 Å². The summed E-state index contributed by atoms with van der Waals surface area (Å²) in [6.45, 7) is 5.25. The number of hydrogen-bond donors (Lipinski definition) is 1. The second-order valence-corrected chi connectivity index (χ2v) is 9.46. The molecule has 4 heterocycles. The van der Waals surface area contributed by atoms with Crippen LogP contribution in [-0.2, 0) is 25.3 Å². The number of piperidine rings is 1. The number of H-pyrrole nitrogens is 1. The highest BCUT2D eigenvalue weighted by Gasteiger charge is 2.33. The lowest BCUT2D eigenvalue weighted by molar-refractivity contribution is -0.134. The van der Waals surface area contributed by atoms with E-state index in [0.717, 1.165) is 6.42 Å². The second kappa shape index (κ2) is 8.92. The van der Waals surface area contributed by atoms with E-state index in [1.54, 1.807) is 35.9 Å². The number of fused-ring (bicyclic) bond motifs is 1. The maximum Gasteiger partial charge on any atom is 0.262 e. The summed E-state index contributed by atoms with van der Waals surface area (Å²) >= 11 is 0. The number of amides is 1. The number of nitrogens with zero attached hydrogens (tertiary/aromatic N) is 6. The van der Waals surface area contributed by atoms with Crippen molar-refractivity contribution < 1.29 is 9.59 Å². The SMILES string of the molecule is CCC(C)(CC(=O)N1CCC(C(=O)c2cnn(C)c2)CC1)Cc1nc2c(cnn2C)c(=O)[nH]1. The Bertz CT molecular complexity index is 1230. The monoisotopic (exact) mass is 453 g/mol. The largest absolute Gasteiger partial charge is 0.343 e. The average molecular weight is 454 g/mol. The number of Topliss-reactive ketones (excluding diaryl/α,β-unsaturated/α-hetero) is 1. The van der Waals surface area contributed by atoms with Crippen molar-refractivity contribution in [2.75, 3.05) is 13.1 Å². The Morgan fingerprint density at radius 1 is 1.18 bits per heavy atom. The van der Waals surface area contributed by atoms with Gasteiger partial charge in [0.15, 0.2) is 11.4 Å². The predicted molar refractivity (Wildman–Crippen MR) is 123 cm³/mol. The topological polar surface area (TPSA) is 119 Å². The van der Waals surface area contributed by atoms with E-state index >= 15 is 0 Å². The number of hydrogen-bond acceptors (Lipinski definition) is 6. The van der Waals surface area contributed by atoms with Crippen molar-refractivity contribution in [2.45, 2.75) is 46.0 Å². The lowest BCUT2D eigenvalue weighted by Crippen LogP contribution is -2.42. The van der Waals surface area contributed by atoms with Crippen LogP contribution in [0.5, 0.6) is 0 Å². The van der Waals surface area contributed by atoms with Gasteiger partial charge in [-0.05, 0) is 24.7 Å². The molecule has 10 nitrogen and oxygen atoms in total. The van der Waals surface area contributed by atoms with E-state index in [9.17, 15) is 14.4 Å². The summed E-state index contributed by atoms with van der Waals surface area (Å²) < 4.78 is 3.21. The number of carbonyl (C=O) groups excluding carboxylic acids is 2. The molecule has 176 valence electrons. The van der Waals surface area contributed by atoms with Crippen LogP contribution in [-0.4, -0.2) is 59.2 Å². The highest BCUT2D eigenvalue weighted by molar-refractivity contribution is 5.97. The fourth-order valence-corrected chi connectivity index (χ4v) is 4.53. The maximum absolute atomic E-state index is 13.1. The van der Waals surface area contributed by atoms with Gasteiger partial charge in [0.2, 0.25) is 5.91 Å². The van der Waals surface area contributed by atoms with Crippen LogP contribution in [0.25, 0.3) is 11.0 Å². The standard InChI is InChI=1S/C23H31N7O3/c1-5-23(2,10-18-26-21-17(22(33)27-18)13-25-29(21)4)11-19(31)30-8-6-15(7-9-30)20(32)16-12-24-28(3)14-16/h12-15H,5-11H2,1-4H3,(H,26,27,33). The summed E-state index contributed by atoms with van der Waals surface area (Å²) in [6, 6.07) is 0. The number of ketones is 1. The lowest BCUT2D eigenvalue weighted by atomic mass is 9.79. The highest BCUT2D eigenvalue weighted by atomic mass is 16.2. The summed E-state index contributed by atoms with van der Waals surface area (Å²) in [6.07, 6.45) is 7.79. The zero-order chi connectivity index (χ0) is 23.8. The molecule has 1 N–H and O–H groups in total. The lowest BCUT2D eigenvalue weighted by Gasteiger charge is -2.35. The molecule has 0 aliphatic carbocycles. The zero-order valence-corrected chi connectivity index (χ0v) is 19.7. The van der Waals surface area contributed by atoms with E-state index in [2.05, 4.69) is 27.1 Å². The first-order valence-corrected chi connectivity index (χ1v) is 11.4. The molecule has 1 fully saturated rings. The van der Waals surface area contributed by atoms with Crippen LogP contribution in [0.3, 0.4) is 0 Å². The normalized spacial score (nSPS) is 16.8. The van der Waals surface area contributed by atoms with E-state index in [4.69, 9.17) is 0 Å². The summed E-state index contributed by atoms with van der Waals surface area (Å²) in [7, 11) is 3.55. The third-order valence-corrected chi connectivity index (χ3v) is 6.88. The maximum atomic E-state index is 13.1. The van der Waals surface area contributed by atoms with Crippen LogP contribution >= 0.6 is 0 Å². The Balaban J connectivity index is 1.39. The molecular formula is C23H31N7O3. The molecule has 1 amide bonds. The molecule has 1 aliphatic rings. The summed E-state index contributed by atoms with van der Waals surface area (Å²) in [5.74, 6) is 0.675. The van der Waals surface area contributed by atoms with Crippen molar-refractivity contribution in [1.82, 2.24) is 34.4 Å². The van der Waals surface area contributed by atoms with Gasteiger partial charge in [-0.1, -0.05) is 13.8 Å². The fraction of sp³-hybridized carbons (Fsp3) is 0.565. The Morgan fingerprint density at radius 2 is 1.91 bits per heavy atom. The number of aromatic nitrogens is 6. The molecule has 0 bridgehead atoms.